The number of alkyl halides is 3. The number of hydrogen-bond donors (Lipinski definition) is 2. The largest absolute Gasteiger partial charge is 0.503 e. The van der Waals surface area contributed by atoms with Crippen LogP contribution in [-0.4, -0.2) is 52.3 Å². The van der Waals surface area contributed by atoms with Gasteiger partial charge in [0.25, 0.3) is 0 Å². The number of pyridine rings is 2. The maximum absolute atomic E-state index is 13.8. The third-order valence-electron chi connectivity index (χ3n) is 4.78. The summed E-state index contributed by atoms with van der Waals surface area (Å²) in [7, 11) is 0. The molecule has 1 atom stereocenters. The number of halogens is 3. The Hall–Kier alpha value is -2.55. The summed E-state index contributed by atoms with van der Waals surface area (Å²) in [6, 6.07) is 3.34. The van der Waals surface area contributed by atoms with Gasteiger partial charge in [-0.1, -0.05) is 13.0 Å². The van der Waals surface area contributed by atoms with E-state index in [2.05, 4.69) is 9.97 Å². The Morgan fingerprint density at radius 3 is 2.52 bits per heavy atom. The highest BCUT2D eigenvalue weighted by molar-refractivity contribution is 5.38. The van der Waals surface area contributed by atoms with Gasteiger partial charge in [0.05, 0.1) is 5.69 Å². The number of nitrogens with zero attached hydrogens (tertiary/aromatic N) is 3. The van der Waals surface area contributed by atoms with Gasteiger partial charge in [0.2, 0.25) is 5.43 Å². The number of nitrogens with one attached hydrogen (secondary N) is 1. The van der Waals surface area contributed by atoms with Crippen LogP contribution in [0.4, 0.5) is 19.0 Å². The van der Waals surface area contributed by atoms with Crippen LogP contribution in [0.2, 0.25) is 0 Å². The van der Waals surface area contributed by atoms with Crippen LogP contribution in [0.25, 0.3) is 0 Å². The van der Waals surface area contributed by atoms with Crippen LogP contribution in [0.5, 0.6) is 5.75 Å². The summed E-state index contributed by atoms with van der Waals surface area (Å²) in [5.74, 6) is 0.0693. The first-order chi connectivity index (χ1) is 12.8. The molecule has 0 spiro atoms. The first-order valence-corrected chi connectivity index (χ1v) is 8.73. The van der Waals surface area contributed by atoms with Crippen LogP contribution >= 0.6 is 0 Å². The first kappa shape index (κ1) is 19.2. The van der Waals surface area contributed by atoms with E-state index < -0.39 is 29.0 Å². The Labute approximate surface area is 154 Å². The highest BCUT2D eigenvalue weighted by Crippen LogP contribution is 2.37. The van der Waals surface area contributed by atoms with Gasteiger partial charge >= 0.3 is 6.18 Å². The lowest BCUT2D eigenvalue weighted by Crippen LogP contribution is -2.51. The van der Waals surface area contributed by atoms with E-state index in [1.54, 1.807) is 19.2 Å². The molecular formula is C18H21F3N4O2. The average molecular weight is 382 g/mol. The molecule has 2 aromatic rings. The SMILES string of the molecule is CCc1[nH]cc(C(N2CCN(c3ccccn3)CC2)C(F)(F)F)c(=O)c1O. The molecule has 146 valence electrons. The molecule has 27 heavy (non-hydrogen) atoms. The third-order valence-corrected chi connectivity index (χ3v) is 4.78. The van der Waals surface area contributed by atoms with Crippen molar-refractivity contribution >= 4 is 5.82 Å². The van der Waals surface area contributed by atoms with E-state index in [1.807, 2.05) is 17.0 Å². The zero-order valence-corrected chi connectivity index (χ0v) is 14.8. The molecule has 0 amide bonds. The Kier molecular flexibility index (Phi) is 5.41. The molecule has 1 aliphatic rings. The maximum atomic E-state index is 13.8. The van der Waals surface area contributed by atoms with Crippen molar-refractivity contribution in [1.82, 2.24) is 14.9 Å². The number of aromatic hydroxyl groups is 1. The second-order valence-corrected chi connectivity index (χ2v) is 6.41. The van der Waals surface area contributed by atoms with Gasteiger partial charge in [0.1, 0.15) is 11.9 Å². The van der Waals surface area contributed by atoms with Crippen LogP contribution < -0.4 is 10.3 Å². The highest BCUT2D eigenvalue weighted by atomic mass is 19.4. The number of hydrogen-bond acceptors (Lipinski definition) is 5. The number of aromatic nitrogens is 2. The zero-order valence-electron chi connectivity index (χ0n) is 14.8. The fraction of sp³-hybridized carbons (Fsp3) is 0.444. The van der Waals surface area contributed by atoms with E-state index in [1.165, 1.54) is 4.90 Å². The van der Waals surface area contributed by atoms with Gasteiger partial charge in [-0.05, 0) is 18.6 Å². The molecule has 6 nitrogen and oxygen atoms in total. The summed E-state index contributed by atoms with van der Waals surface area (Å²) < 4.78 is 41.4. The van der Waals surface area contributed by atoms with E-state index in [4.69, 9.17) is 0 Å². The molecule has 0 aromatic carbocycles. The van der Waals surface area contributed by atoms with Crippen molar-refractivity contribution in [2.75, 3.05) is 31.1 Å². The Bertz CT molecular complexity index is 831. The molecule has 3 heterocycles. The molecule has 0 aliphatic carbocycles. The summed E-state index contributed by atoms with van der Waals surface area (Å²) in [6.07, 6.45) is -1.61. The van der Waals surface area contributed by atoms with E-state index in [9.17, 15) is 23.1 Å². The Balaban J connectivity index is 1.86. The molecule has 1 unspecified atom stereocenters. The fourth-order valence-corrected chi connectivity index (χ4v) is 3.38. The number of H-pyrrole nitrogens is 1. The summed E-state index contributed by atoms with van der Waals surface area (Å²) in [4.78, 5) is 22.3. The van der Waals surface area contributed by atoms with Crippen LogP contribution in [0, 0.1) is 0 Å². The van der Waals surface area contributed by atoms with Gasteiger partial charge in [0, 0.05) is 44.1 Å². The predicted molar refractivity (Wildman–Crippen MR) is 94.9 cm³/mol. The lowest BCUT2D eigenvalue weighted by atomic mass is 10.0. The van der Waals surface area contributed by atoms with Crippen molar-refractivity contribution in [3.05, 3.63) is 52.1 Å². The molecule has 9 heteroatoms. The number of aromatic amines is 1. The summed E-state index contributed by atoms with van der Waals surface area (Å²) in [5, 5.41) is 9.94. The molecule has 1 fully saturated rings. The second kappa shape index (κ2) is 7.59. The fourth-order valence-electron chi connectivity index (χ4n) is 3.38. The minimum Gasteiger partial charge on any atom is -0.503 e. The van der Waals surface area contributed by atoms with E-state index in [-0.39, 0.29) is 18.8 Å². The van der Waals surface area contributed by atoms with Crippen LogP contribution in [-0.2, 0) is 6.42 Å². The van der Waals surface area contributed by atoms with Crippen molar-refractivity contribution in [3.63, 3.8) is 0 Å². The average Bonchev–Trinajstić information content (AvgIpc) is 2.66. The number of rotatable bonds is 4. The lowest BCUT2D eigenvalue weighted by Gasteiger charge is -2.40. The van der Waals surface area contributed by atoms with E-state index >= 15 is 0 Å². The molecule has 0 saturated carbocycles. The van der Waals surface area contributed by atoms with Crippen LogP contribution in [0.15, 0.2) is 35.4 Å². The second-order valence-electron chi connectivity index (χ2n) is 6.41. The summed E-state index contributed by atoms with van der Waals surface area (Å²) in [5.41, 5.74) is -1.23. The summed E-state index contributed by atoms with van der Waals surface area (Å²) >= 11 is 0. The van der Waals surface area contributed by atoms with Crippen LogP contribution in [0.1, 0.15) is 24.2 Å². The Morgan fingerprint density at radius 1 is 1.26 bits per heavy atom. The first-order valence-electron chi connectivity index (χ1n) is 8.73. The third kappa shape index (κ3) is 3.92. The van der Waals surface area contributed by atoms with Gasteiger partial charge in [0.15, 0.2) is 5.75 Å². The highest BCUT2D eigenvalue weighted by Gasteiger charge is 2.47. The zero-order chi connectivity index (χ0) is 19.6. The van der Waals surface area contributed by atoms with Gasteiger partial charge in [-0.3, -0.25) is 9.69 Å². The number of aryl methyl sites for hydroxylation is 1. The van der Waals surface area contributed by atoms with Crippen molar-refractivity contribution in [2.24, 2.45) is 0 Å². The molecule has 2 aromatic heterocycles. The van der Waals surface area contributed by atoms with Crippen molar-refractivity contribution in [1.29, 1.82) is 0 Å². The van der Waals surface area contributed by atoms with Crippen molar-refractivity contribution in [3.8, 4) is 5.75 Å². The van der Waals surface area contributed by atoms with Crippen molar-refractivity contribution < 1.29 is 18.3 Å². The molecule has 0 radical (unpaired) electrons. The number of piperazine rings is 1. The lowest BCUT2D eigenvalue weighted by molar-refractivity contribution is -0.187. The molecule has 3 rings (SSSR count). The summed E-state index contributed by atoms with van der Waals surface area (Å²) in [6.45, 7) is 2.66. The number of anilines is 1. The van der Waals surface area contributed by atoms with E-state index in [0.29, 0.717) is 25.3 Å². The Morgan fingerprint density at radius 2 is 1.96 bits per heavy atom. The quantitative estimate of drug-likeness (QED) is 0.850. The van der Waals surface area contributed by atoms with Crippen LogP contribution in [0.3, 0.4) is 0 Å². The van der Waals surface area contributed by atoms with Gasteiger partial charge in [-0.15, -0.1) is 0 Å². The van der Waals surface area contributed by atoms with Crippen molar-refractivity contribution in [2.45, 2.75) is 25.6 Å². The predicted octanol–water partition coefficient (Wildman–Crippen LogP) is 2.46. The van der Waals surface area contributed by atoms with Gasteiger partial charge in [-0.25, -0.2) is 4.98 Å². The van der Waals surface area contributed by atoms with Gasteiger partial charge < -0.3 is 15.0 Å². The molecule has 2 N–H and O–H groups in total. The standard InChI is InChI=1S/C18H21F3N4O2/c1-2-13-16(27)15(26)12(11-23-13)17(18(19,20)21)25-9-7-24(8-10-25)14-5-3-4-6-22-14/h3-6,11,17,27H,2,7-10H2,1H3,(H,23,26). The normalized spacial score (nSPS) is 17.1. The molecule has 1 aliphatic heterocycles. The topological polar surface area (TPSA) is 72.5 Å². The van der Waals surface area contributed by atoms with E-state index in [0.717, 1.165) is 6.20 Å². The molecule has 0 bridgehead atoms. The molecule has 1 saturated heterocycles. The smallest absolute Gasteiger partial charge is 0.408 e. The monoisotopic (exact) mass is 382 g/mol. The minimum atomic E-state index is -4.64. The molecular weight excluding hydrogens is 361 g/mol. The maximum Gasteiger partial charge on any atom is 0.408 e. The van der Waals surface area contributed by atoms with Gasteiger partial charge in [-0.2, -0.15) is 13.2 Å². The minimum absolute atomic E-state index is 0.122.